The van der Waals surface area contributed by atoms with Gasteiger partial charge in [-0.05, 0) is 41.3 Å². The van der Waals surface area contributed by atoms with E-state index in [2.05, 4.69) is 25.3 Å². The molecule has 1 unspecified atom stereocenters. The molecule has 0 bridgehead atoms. The van der Waals surface area contributed by atoms with Crippen molar-refractivity contribution >= 4 is 17.9 Å². The lowest BCUT2D eigenvalue weighted by molar-refractivity contribution is -0.803. The number of hydrogen-bond acceptors (Lipinski definition) is 7. The van der Waals surface area contributed by atoms with Crippen LogP contribution in [-0.4, -0.2) is 60.2 Å². The molecule has 1 fully saturated rings. The van der Waals surface area contributed by atoms with E-state index in [4.69, 9.17) is 10.3 Å². The number of nitrogens with one attached hydrogen (secondary N) is 1. The smallest absolute Gasteiger partial charge is 0.300 e. The third-order valence-electron chi connectivity index (χ3n) is 4.40. The summed E-state index contributed by atoms with van der Waals surface area (Å²) >= 11 is 0. The Balaban J connectivity index is 1.40. The van der Waals surface area contributed by atoms with E-state index in [0.29, 0.717) is 17.4 Å². The number of nitrogens with zero attached hydrogens (tertiary/aromatic N) is 5. The van der Waals surface area contributed by atoms with Crippen molar-refractivity contribution in [3.05, 3.63) is 36.1 Å². The van der Waals surface area contributed by atoms with Crippen LogP contribution in [0.15, 0.2) is 49.8 Å². The van der Waals surface area contributed by atoms with Gasteiger partial charge >= 0.3 is 0 Å². The Hall–Kier alpha value is -2.13. The maximum Gasteiger partial charge on any atom is 0.300 e. The molecule has 24 heavy (non-hydrogen) atoms. The second-order valence-corrected chi connectivity index (χ2v) is 6.18. The number of allylic oxidation sites excluding steroid dienone is 1. The average Bonchev–Trinajstić information content (AvgIpc) is 3.22. The lowest BCUT2D eigenvalue weighted by Crippen LogP contribution is -2.50. The Kier molecular flexibility index (Phi) is 4.11. The number of furan rings is 1. The average molecular weight is 328 g/mol. The molecule has 126 valence electrons. The van der Waals surface area contributed by atoms with Gasteiger partial charge in [0.05, 0.1) is 12.0 Å². The maximum absolute atomic E-state index is 6.36. The van der Waals surface area contributed by atoms with Crippen molar-refractivity contribution in [2.24, 2.45) is 20.9 Å². The molecule has 8 nitrogen and oxygen atoms in total. The van der Waals surface area contributed by atoms with Gasteiger partial charge in [-0.15, -0.1) is 5.84 Å². The van der Waals surface area contributed by atoms with Crippen molar-refractivity contribution < 1.29 is 9.12 Å². The minimum atomic E-state index is -0.178. The van der Waals surface area contributed by atoms with Gasteiger partial charge in [0.1, 0.15) is 6.21 Å². The Labute approximate surface area is 140 Å². The summed E-state index contributed by atoms with van der Waals surface area (Å²) < 4.78 is 5.17. The Morgan fingerprint density at radius 1 is 1.33 bits per heavy atom. The molecule has 0 radical (unpaired) electrons. The maximum atomic E-state index is 6.36. The van der Waals surface area contributed by atoms with E-state index >= 15 is 0 Å². The molecule has 4 rings (SSSR count). The highest BCUT2D eigenvalue weighted by atomic mass is 16.3. The summed E-state index contributed by atoms with van der Waals surface area (Å²) in [6.07, 6.45) is 7.12. The second-order valence-electron chi connectivity index (χ2n) is 6.18. The lowest BCUT2D eigenvalue weighted by atomic mass is 10.2. The van der Waals surface area contributed by atoms with E-state index in [1.54, 1.807) is 12.5 Å². The number of aliphatic imine (C=N–C) groups is 2. The van der Waals surface area contributed by atoms with Crippen LogP contribution in [0.4, 0.5) is 0 Å². The number of quaternary nitrogens is 1. The van der Waals surface area contributed by atoms with Crippen LogP contribution in [-0.2, 0) is 0 Å². The first-order valence-electron chi connectivity index (χ1n) is 8.32. The number of rotatable bonds is 5. The summed E-state index contributed by atoms with van der Waals surface area (Å²) in [7, 11) is 0. The summed E-state index contributed by atoms with van der Waals surface area (Å²) in [5, 5.41) is 7.85. The van der Waals surface area contributed by atoms with Crippen molar-refractivity contribution in [2.75, 3.05) is 32.7 Å². The molecule has 1 atom stereocenters. The van der Waals surface area contributed by atoms with E-state index in [9.17, 15) is 0 Å². The highest BCUT2D eigenvalue weighted by Crippen LogP contribution is 2.23. The molecule has 0 saturated carbocycles. The zero-order valence-electron chi connectivity index (χ0n) is 13.6. The molecule has 1 saturated heterocycles. The highest BCUT2D eigenvalue weighted by molar-refractivity contribution is 6.31. The Morgan fingerprint density at radius 3 is 3.00 bits per heavy atom. The number of nitrogens with two attached hydrogens (primary N) is 1. The lowest BCUT2D eigenvalue weighted by Gasteiger charge is -2.27. The zero-order chi connectivity index (χ0) is 16.4. The second kappa shape index (κ2) is 6.40. The van der Waals surface area contributed by atoms with Crippen molar-refractivity contribution in [3.8, 4) is 0 Å². The fraction of sp³-hybridized carbons (Fsp3) is 0.438. The van der Waals surface area contributed by atoms with Gasteiger partial charge in [-0.1, -0.05) is 0 Å². The Bertz CT molecular complexity index is 713. The molecule has 0 spiro atoms. The summed E-state index contributed by atoms with van der Waals surface area (Å²) in [6.45, 7) is 5.47. The van der Waals surface area contributed by atoms with Crippen LogP contribution in [0, 0.1) is 0 Å². The first kappa shape index (κ1) is 15.4. The number of amidine groups is 2. The largest absolute Gasteiger partial charge is 0.461 e. The van der Waals surface area contributed by atoms with Crippen molar-refractivity contribution in [1.29, 1.82) is 0 Å². The number of piperazine rings is 1. The molecular weight excluding hydrogens is 306 g/mol. The molecule has 3 aliphatic rings. The van der Waals surface area contributed by atoms with E-state index in [1.807, 2.05) is 18.3 Å². The SMILES string of the molecule is N[N+]12C=C(CCCN3CCNCC3)N=CC1=NC(c1ccco1)=N2. The van der Waals surface area contributed by atoms with E-state index in [0.717, 1.165) is 51.3 Å². The van der Waals surface area contributed by atoms with Crippen LogP contribution < -0.4 is 11.2 Å². The zero-order valence-corrected chi connectivity index (χ0v) is 13.6. The molecule has 3 aliphatic heterocycles. The standard InChI is InChI=1S/C16H22N7O/c17-23-12-13(3-1-7-22-8-5-18-6-9-22)19-11-15(23)20-16(21-23)14-4-2-10-24-14/h2,4,10-12,18H,1,3,5-9,17H2/q+1. The quantitative estimate of drug-likeness (QED) is 0.613. The molecule has 8 heteroatoms. The van der Waals surface area contributed by atoms with Gasteiger partial charge in [-0.25, -0.2) is 4.99 Å². The van der Waals surface area contributed by atoms with Crippen LogP contribution in [0.25, 0.3) is 0 Å². The minimum absolute atomic E-state index is 0.178. The van der Waals surface area contributed by atoms with Crippen molar-refractivity contribution in [1.82, 2.24) is 10.2 Å². The molecule has 1 aromatic heterocycles. The molecule has 4 heterocycles. The van der Waals surface area contributed by atoms with Crippen LogP contribution >= 0.6 is 0 Å². The normalized spacial score (nSPS) is 26.8. The van der Waals surface area contributed by atoms with Crippen LogP contribution in [0.5, 0.6) is 0 Å². The third-order valence-corrected chi connectivity index (χ3v) is 4.40. The number of fused-ring (bicyclic) bond motifs is 1. The predicted octanol–water partition coefficient (Wildman–Crippen LogP) is 0.655. The number of hydrogen-bond donors (Lipinski definition) is 2. The Morgan fingerprint density at radius 2 is 2.21 bits per heavy atom. The van der Waals surface area contributed by atoms with Crippen molar-refractivity contribution in [3.63, 3.8) is 0 Å². The molecule has 0 amide bonds. The van der Waals surface area contributed by atoms with E-state index in [1.165, 1.54) is 0 Å². The van der Waals surface area contributed by atoms with Crippen LogP contribution in [0.2, 0.25) is 0 Å². The van der Waals surface area contributed by atoms with Gasteiger partial charge < -0.3 is 14.6 Å². The topological polar surface area (TPSA) is 91.5 Å². The fourth-order valence-corrected chi connectivity index (χ4v) is 3.09. The van der Waals surface area contributed by atoms with E-state index in [-0.39, 0.29) is 4.70 Å². The molecular formula is C16H22N7O+. The van der Waals surface area contributed by atoms with E-state index < -0.39 is 0 Å². The molecule has 3 N–H and O–H groups in total. The summed E-state index contributed by atoms with van der Waals surface area (Å²) in [5.41, 5.74) is 0.955. The predicted molar refractivity (Wildman–Crippen MR) is 92.2 cm³/mol. The van der Waals surface area contributed by atoms with Gasteiger partial charge in [0.25, 0.3) is 11.7 Å². The third kappa shape index (κ3) is 3.09. The van der Waals surface area contributed by atoms with Gasteiger partial charge in [-0.2, -0.15) is 4.99 Å². The minimum Gasteiger partial charge on any atom is -0.461 e. The summed E-state index contributed by atoms with van der Waals surface area (Å²) in [4.78, 5) is 11.4. The fourth-order valence-electron chi connectivity index (χ4n) is 3.09. The first-order valence-corrected chi connectivity index (χ1v) is 8.32. The monoisotopic (exact) mass is 328 g/mol. The van der Waals surface area contributed by atoms with Crippen LogP contribution in [0.1, 0.15) is 18.6 Å². The molecule has 0 aromatic carbocycles. The summed E-state index contributed by atoms with van der Waals surface area (Å²) in [5.74, 6) is 8.08. The van der Waals surface area contributed by atoms with Gasteiger partial charge in [0.2, 0.25) is 0 Å². The van der Waals surface area contributed by atoms with Crippen LogP contribution in [0.3, 0.4) is 0 Å². The highest BCUT2D eigenvalue weighted by Gasteiger charge is 2.39. The molecule has 0 aliphatic carbocycles. The van der Waals surface area contributed by atoms with Gasteiger partial charge in [0.15, 0.2) is 12.0 Å². The van der Waals surface area contributed by atoms with Gasteiger partial charge in [0, 0.05) is 26.2 Å². The van der Waals surface area contributed by atoms with Gasteiger partial charge in [-0.3, -0.25) is 0 Å². The molecule has 1 aromatic rings. The first-order chi connectivity index (χ1) is 11.7. The summed E-state index contributed by atoms with van der Waals surface area (Å²) in [6, 6.07) is 3.63. The van der Waals surface area contributed by atoms with Crippen molar-refractivity contribution in [2.45, 2.75) is 12.8 Å².